The minimum Gasteiger partial charge on any atom is -0.357 e. The fourth-order valence-corrected chi connectivity index (χ4v) is 2.47. The molecule has 1 rings (SSSR count). The highest BCUT2D eigenvalue weighted by Crippen LogP contribution is 1.97. The van der Waals surface area contributed by atoms with Crippen LogP contribution in [0.1, 0.15) is 45.7 Å². The van der Waals surface area contributed by atoms with Crippen LogP contribution in [0, 0.1) is 0 Å². The normalized spacial score (nSPS) is 11.7. The number of hydrogen-bond donors (Lipinski definition) is 2. The lowest BCUT2D eigenvalue weighted by molar-refractivity contribution is 0.271. The van der Waals surface area contributed by atoms with Crippen LogP contribution in [-0.2, 0) is 6.54 Å². The number of hydrogen-bond acceptors (Lipinski definition) is 3. The Morgan fingerprint density at radius 2 is 1.87 bits per heavy atom. The predicted molar refractivity (Wildman–Crippen MR) is 98.7 cm³/mol. The molecule has 0 atom stereocenters. The highest BCUT2D eigenvalue weighted by Gasteiger charge is 2.02. The van der Waals surface area contributed by atoms with Crippen molar-refractivity contribution in [2.45, 2.75) is 46.6 Å². The summed E-state index contributed by atoms with van der Waals surface area (Å²) in [4.78, 5) is 11.4. The molecule has 2 N–H and O–H groups in total. The minimum atomic E-state index is 0.605. The summed E-state index contributed by atoms with van der Waals surface area (Å²) < 4.78 is 0. The molecule has 1 heterocycles. The van der Waals surface area contributed by atoms with Crippen LogP contribution in [0.25, 0.3) is 0 Å². The minimum absolute atomic E-state index is 0.605. The quantitative estimate of drug-likeness (QED) is 0.374. The van der Waals surface area contributed by atoms with E-state index in [1.807, 2.05) is 18.2 Å². The lowest BCUT2D eigenvalue weighted by Gasteiger charge is -2.21. The maximum atomic E-state index is 4.59. The first kappa shape index (κ1) is 19.4. The van der Waals surface area contributed by atoms with Gasteiger partial charge in [0.25, 0.3) is 0 Å². The van der Waals surface area contributed by atoms with Crippen LogP contribution < -0.4 is 10.6 Å². The molecule has 1 aromatic rings. The van der Waals surface area contributed by atoms with Gasteiger partial charge in [0.1, 0.15) is 0 Å². The highest BCUT2D eigenvalue weighted by molar-refractivity contribution is 5.79. The standard InChI is InChI=1S/C18H33N5/c1-4-13-23(14-5-2)15-9-12-21-18(19-6-3)22-16-17-10-7-8-11-20-17/h7-8,10-11H,4-6,9,12-16H2,1-3H3,(H2,19,21,22). The van der Waals surface area contributed by atoms with Crippen LogP contribution in [0.5, 0.6) is 0 Å². The lowest BCUT2D eigenvalue weighted by Crippen LogP contribution is -2.39. The average molecular weight is 319 g/mol. The zero-order valence-corrected chi connectivity index (χ0v) is 15.0. The number of nitrogens with one attached hydrogen (secondary N) is 2. The van der Waals surface area contributed by atoms with Crippen LogP contribution in [-0.4, -0.2) is 48.6 Å². The summed E-state index contributed by atoms with van der Waals surface area (Å²) in [6.07, 6.45) is 5.39. The third-order valence-electron chi connectivity index (χ3n) is 3.49. The van der Waals surface area contributed by atoms with E-state index in [0.717, 1.165) is 37.7 Å². The molecule has 0 saturated heterocycles. The first-order chi connectivity index (χ1) is 11.3. The number of nitrogens with zero attached hydrogens (tertiary/aromatic N) is 3. The molecule has 0 radical (unpaired) electrons. The molecule has 0 saturated carbocycles. The van der Waals surface area contributed by atoms with Gasteiger partial charge in [-0.15, -0.1) is 0 Å². The van der Waals surface area contributed by atoms with Crippen molar-refractivity contribution in [2.24, 2.45) is 4.99 Å². The molecule has 0 aromatic carbocycles. The van der Waals surface area contributed by atoms with E-state index in [1.165, 1.54) is 25.9 Å². The third kappa shape index (κ3) is 9.18. The van der Waals surface area contributed by atoms with Crippen LogP contribution in [0.2, 0.25) is 0 Å². The molecular weight excluding hydrogens is 286 g/mol. The fourth-order valence-electron chi connectivity index (χ4n) is 2.47. The molecular formula is C18H33N5. The number of aromatic nitrogens is 1. The molecule has 0 unspecified atom stereocenters. The van der Waals surface area contributed by atoms with Gasteiger partial charge in [-0.3, -0.25) is 4.98 Å². The Kier molecular flexibility index (Phi) is 10.9. The van der Waals surface area contributed by atoms with Crippen molar-refractivity contribution in [3.8, 4) is 0 Å². The first-order valence-electron chi connectivity index (χ1n) is 8.94. The van der Waals surface area contributed by atoms with Gasteiger partial charge in [-0.2, -0.15) is 0 Å². The van der Waals surface area contributed by atoms with Crippen molar-refractivity contribution in [3.05, 3.63) is 30.1 Å². The Balaban J connectivity index is 2.34. The summed E-state index contributed by atoms with van der Waals surface area (Å²) in [6, 6.07) is 5.92. The van der Waals surface area contributed by atoms with E-state index in [0.29, 0.717) is 6.54 Å². The summed E-state index contributed by atoms with van der Waals surface area (Å²) >= 11 is 0. The molecule has 0 aliphatic rings. The second-order valence-electron chi connectivity index (χ2n) is 5.64. The molecule has 0 fully saturated rings. The molecule has 0 spiro atoms. The van der Waals surface area contributed by atoms with Crippen LogP contribution >= 0.6 is 0 Å². The smallest absolute Gasteiger partial charge is 0.191 e. The van der Waals surface area contributed by atoms with Gasteiger partial charge in [0.2, 0.25) is 0 Å². The van der Waals surface area contributed by atoms with Gasteiger partial charge in [-0.1, -0.05) is 19.9 Å². The van der Waals surface area contributed by atoms with Crippen molar-refractivity contribution >= 4 is 5.96 Å². The number of pyridine rings is 1. The summed E-state index contributed by atoms with van der Waals surface area (Å²) in [5.74, 6) is 0.871. The number of aliphatic imine (C=N–C) groups is 1. The summed E-state index contributed by atoms with van der Waals surface area (Å²) in [5, 5.41) is 6.70. The van der Waals surface area contributed by atoms with Gasteiger partial charge in [0, 0.05) is 19.3 Å². The number of guanidine groups is 1. The van der Waals surface area contributed by atoms with Crippen molar-refractivity contribution in [2.75, 3.05) is 32.7 Å². The third-order valence-corrected chi connectivity index (χ3v) is 3.49. The molecule has 5 heteroatoms. The molecule has 0 aliphatic heterocycles. The SMILES string of the molecule is CCCN(CCC)CCCNC(=NCc1ccccn1)NCC. The Morgan fingerprint density at radius 3 is 2.48 bits per heavy atom. The van der Waals surface area contributed by atoms with E-state index >= 15 is 0 Å². The Bertz CT molecular complexity index is 413. The zero-order chi connectivity index (χ0) is 16.8. The maximum absolute atomic E-state index is 4.59. The number of rotatable bonds is 11. The van der Waals surface area contributed by atoms with Crippen LogP contribution in [0.4, 0.5) is 0 Å². The van der Waals surface area contributed by atoms with E-state index in [-0.39, 0.29) is 0 Å². The largest absolute Gasteiger partial charge is 0.357 e. The van der Waals surface area contributed by atoms with E-state index in [2.05, 4.69) is 46.3 Å². The second kappa shape index (κ2) is 12.9. The average Bonchev–Trinajstić information content (AvgIpc) is 2.57. The fraction of sp³-hybridized carbons (Fsp3) is 0.667. The van der Waals surface area contributed by atoms with E-state index in [1.54, 1.807) is 6.20 Å². The Morgan fingerprint density at radius 1 is 1.09 bits per heavy atom. The summed E-state index contributed by atoms with van der Waals surface area (Å²) in [6.45, 7) is 12.5. The van der Waals surface area contributed by atoms with Crippen LogP contribution in [0.3, 0.4) is 0 Å². The first-order valence-corrected chi connectivity index (χ1v) is 8.94. The Labute approximate surface area is 141 Å². The zero-order valence-electron chi connectivity index (χ0n) is 15.0. The van der Waals surface area contributed by atoms with E-state index in [4.69, 9.17) is 0 Å². The second-order valence-corrected chi connectivity index (χ2v) is 5.64. The monoisotopic (exact) mass is 319 g/mol. The van der Waals surface area contributed by atoms with Gasteiger partial charge in [0.15, 0.2) is 5.96 Å². The van der Waals surface area contributed by atoms with Crippen molar-refractivity contribution in [1.29, 1.82) is 0 Å². The van der Waals surface area contributed by atoms with Crippen molar-refractivity contribution in [1.82, 2.24) is 20.5 Å². The molecule has 1 aromatic heterocycles. The topological polar surface area (TPSA) is 52.5 Å². The van der Waals surface area contributed by atoms with Crippen molar-refractivity contribution in [3.63, 3.8) is 0 Å². The predicted octanol–water partition coefficient (Wildman–Crippen LogP) is 2.65. The van der Waals surface area contributed by atoms with E-state index in [9.17, 15) is 0 Å². The summed E-state index contributed by atoms with van der Waals surface area (Å²) in [5.41, 5.74) is 0.988. The highest BCUT2D eigenvalue weighted by atomic mass is 15.2. The lowest BCUT2D eigenvalue weighted by atomic mass is 10.3. The van der Waals surface area contributed by atoms with Gasteiger partial charge in [0.05, 0.1) is 12.2 Å². The molecule has 130 valence electrons. The van der Waals surface area contributed by atoms with E-state index < -0.39 is 0 Å². The van der Waals surface area contributed by atoms with Gasteiger partial charge in [-0.25, -0.2) is 4.99 Å². The molecule has 0 amide bonds. The van der Waals surface area contributed by atoms with Gasteiger partial charge < -0.3 is 15.5 Å². The van der Waals surface area contributed by atoms with Crippen LogP contribution in [0.15, 0.2) is 29.4 Å². The maximum Gasteiger partial charge on any atom is 0.191 e. The molecule has 5 nitrogen and oxygen atoms in total. The van der Waals surface area contributed by atoms with Crippen molar-refractivity contribution < 1.29 is 0 Å². The molecule has 0 bridgehead atoms. The molecule has 0 aliphatic carbocycles. The van der Waals surface area contributed by atoms with Gasteiger partial charge in [-0.05, 0) is 58.0 Å². The summed E-state index contributed by atoms with van der Waals surface area (Å²) in [7, 11) is 0. The Hall–Kier alpha value is -1.62. The van der Waals surface area contributed by atoms with Gasteiger partial charge >= 0.3 is 0 Å². The molecule has 23 heavy (non-hydrogen) atoms.